The summed E-state index contributed by atoms with van der Waals surface area (Å²) in [6.07, 6.45) is 3.37. The first-order chi connectivity index (χ1) is 8.27. The second-order valence-corrected chi connectivity index (χ2v) is 5.25. The molecule has 0 saturated carbocycles. The highest BCUT2D eigenvalue weighted by atomic mass is 32.2. The van der Waals surface area contributed by atoms with Gasteiger partial charge in [-0.05, 0) is 36.5 Å². The van der Waals surface area contributed by atoms with Crippen molar-refractivity contribution in [1.82, 2.24) is 5.32 Å². The largest absolute Gasteiger partial charge is 0.380 e. The van der Waals surface area contributed by atoms with Crippen LogP contribution in [0.3, 0.4) is 0 Å². The predicted molar refractivity (Wildman–Crippen MR) is 76.5 cm³/mol. The summed E-state index contributed by atoms with van der Waals surface area (Å²) in [4.78, 5) is 0. The van der Waals surface area contributed by atoms with Gasteiger partial charge >= 0.3 is 0 Å². The first-order valence-corrected chi connectivity index (χ1v) is 7.45. The second-order valence-electron chi connectivity index (χ2n) is 4.27. The van der Waals surface area contributed by atoms with Crippen LogP contribution in [0.25, 0.3) is 0 Å². The van der Waals surface area contributed by atoms with E-state index in [-0.39, 0.29) is 0 Å². The maximum Gasteiger partial charge on any atom is 0.0716 e. The van der Waals surface area contributed by atoms with E-state index in [4.69, 9.17) is 4.74 Å². The van der Waals surface area contributed by atoms with Gasteiger partial charge in [-0.25, -0.2) is 0 Å². The van der Waals surface area contributed by atoms with Crippen molar-refractivity contribution in [3.05, 3.63) is 35.4 Å². The predicted octanol–water partition coefficient (Wildman–Crippen LogP) is 3.06. The molecule has 2 nitrogen and oxygen atoms in total. The Hall–Kier alpha value is -0.510. The third kappa shape index (κ3) is 5.57. The summed E-state index contributed by atoms with van der Waals surface area (Å²) in [5, 5.41) is 3.56. The molecular formula is C14H23NOS. The van der Waals surface area contributed by atoms with E-state index < -0.39 is 0 Å². The first-order valence-electron chi connectivity index (χ1n) is 6.06. The maximum atomic E-state index is 5.21. The Kier molecular flexibility index (Phi) is 7.33. The standard InChI is InChI=1S/C14H23NOS/c1-12(8-9-17-3)15-10-13-6-4-5-7-14(13)11-16-2/h4-7,12,15H,8-11H2,1-3H3. The molecule has 1 aromatic carbocycles. The van der Waals surface area contributed by atoms with Crippen LogP contribution in [0, 0.1) is 0 Å². The van der Waals surface area contributed by atoms with Gasteiger partial charge in [-0.15, -0.1) is 0 Å². The molecule has 1 atom stereocenters. The average molecular weight is 253 g/mol. The van der Waals surface area contributed by atoms with E-state index in [9.17, 15) is 0 Å². The molecule has 1 N–H and O–H groups in total. The van der Waals surface area contributed by atoms with Gasteiger partial charge in [0.2, 0.25) is 0 Å². The molecule has 3 heteroatoms. The number of hydrogen-bond donors (Lipinski definition) is 1. The third-order valence-corrected chi connectivity index (χ3v) is 3.46. The lowest BCUT2D eigenvalue weighted by atomic mass is 10.1. The zero-order valence-electron chi connectivity index (χ0n) is 11.0. The Labute approximate surface area is 109 Å². The van der Waals surface area contributed by atoms with Crippen LogP contribution in [0.5, 0.6) is 0 Å². The molecule has 1 aromatic rings. The SMILES string of the molecule is COCc1ccccc1CNC(C)CCSC. The molecule has 0 fully saturated rings. The van der Waals surface area contributed by atoms with Crippen molar-refractivity contribution in [3.63, 3.8) is 0 Å². The topological polar surface area (TPSA) is 21.3 Å². The molecule has 0 radical (unpaired) electrons. The Morgan fingerprint density at radius 1 is 1.29 bits per heavy atom. The molecule has 96 valence electrons. The summed E-state index contributed by atoms with van der Waals surface area (Å²) in [6, 6.07) is 9.02. The van der Waals surface area contributed by atoms with Crippen LogP contribution in [0.15, 0.2) is 24.3 Å². The number of ether oxygens (including phenoxy) is 1. The van der Waals surface area contributed by atoms with E-state index in [1.54, 1.807) is 7.11 Å². The normalized spacial score (nSPS) is 12.6. The van der Waals surface area contributed by atoms with Gasteiger partial charge < -0.3 is 10.1 Å². The lowest BCUT2D eigenvalue weighted by Crippen LogP contribution is -2.26. The smallest absolute Gasteiger partial charge is 0.0716 e. The summed E-state index contributed by atoms with van der Waals surface area (Å²) in [6.45, 7) is 3.86. The fraction of sp³-hybridized carbons (Fsp3) is 0.571. The fourth-order valence-electron chi connectivity index (χ4n) is 1.71. The van der Waals surface area contributed by atoms with Crippen LogP contribution in [-0.2, 0) is 17.9 Å². The van der Waals surface area contributed by atoms with Gasteiger partial charge in [0.15, 0.2) is 0 Å². The molecule has 1 rings (SSSR count). The van der Waals surface area contributed by atoms with E-state index in [1.807, 2.05) is 11.8 Å². The summed E-state index contributed by atoms with van der Waals surface area (Å²) in [7, 11) is 1.74. The highest BCUT2D eigenvalue weighted by Crippen LogP contribution is 2.10. The number of benzene rings is 1. The molecule has 1 unspecified atom stereocenters. The number of thioether (sulfide) groups is 1. The highest BCUT2D eigenvalue weighted by molar-refractivity contribution is 7.98. The van der Waals surface area contributed by atoms with Crippen molar-refractivity contribution in [2.75, 3.05) is 19.1 Å². The maximum absolute atomic E-state index is 5.21. The lowest BCUT2D eigenvalue weighted by molar-refractivity contribution is 0.184. The molecule has 0 spiro atoms. The Balaban J connectivity index is 2.44. The molecular weight excluding hydrogens is 230 g/mol. The van der Waals surface area contributed by atoms with Crippen LogP contribution in [0.4, 0.5) is 0 Å². The molecule has 0 aliphatic carbocycles. The van der Waals surface area contributed by atoms with E-state index in [2.05, 4.69) is 42.8 Å². The highest BCUT2D eigenvalue weighted by Gasteiger charge is 2.04. The Bertz CT molecular complexity index is 317. The number of hydrogen-bond acceptors (Lipinski definition) is 3. The number of nitrogens with one attached hydrogen (secondary N) is 1. The monoisotopic (exact) mass is 253 g/mol. The van der Waals surface area contributed by atoms with Crippen LogP contribution in [0.2, 0.25) is 0 Å². The van der Waals surface area contributed by atoms with Gasteiger partial charge in [0.1, 0.15) is 0 Å². The number of methoxy groups -OCH3 is 1. The minimum absolute atomic E-state index is 0.568. The molecule has 0 saturated heterocycles. The van der Waals surface area contributed by atoms with Crippen molar-refractivity contribution in [2.24, 2.45) is 0 Å². The minimum Gasteiger partial charge on any atom is -0.380 e. The van der Waals surface area contributed by atoms with E-state index in [0.29, 0.717) is 12.6 Å². The van der Waals surface area contributed by atoms with Crippen molar-refractivity contribution in [1.29, 1.82) is 0 Å². The van der Waals surface area contributed by atoms with E-state index in [0.717, 1.165) is 6.54 Å². The average Bonchev–Trinajstić information content (AvgIpc) is 2.35. The van der Waals surface area contributed by atoms with Gasteiger partial charge in [0, 0.05) is 19.7 Å². The van der Waals surface area contributed by atoms with E-state index >= 15 is 0 Å². The molecule has 0 aliphatic heterocycles. The minimum atomic E-state index is 0.568. The van der Waals surface area contributed by atoms with Gasteiger partial charge in [-0.3, -0.25) is 0 Å². The quantitative estimate of drug-likeness (QED) is 0.769. The third-order valence-electron chi connectivity index (χ3n) is 2.81. The van der Waals surface area contributed by atoms with Crippen molar-refractivity contribution in [3.8, 4) is 0 Å². The van der Waals surface area contributed by atoms with Crippen molar-refractivity contribution >= 4 is 11.8 Å². The molecule has 0 amide bonds. The van der Waals surface area contributed by atoms with Gasteiger partial charge in [-0.2, -0.15) is 11.8 Å². The van der Waals surface area contributed by atoms with Gasteiger partial charge in [0.05, 0.1) is 6.61 Å². The van der Waals surface area contributed by atoms with Crippen molar-refractivity contribution < 1.29 is 4.74 Å². The fourth-order valence-corrected chi connectivity index (χ4v) is 2.30. The zero-order valence-corrected chi connectivity index (χ0v) is 11.8. The van der Waals surface area contributed by atoms with Gasteiger partial charge in [-0.1, -0.05) is 24.3 Å². The number of rotatable bonds is 8. The molecule has 0 heterocycles. The summed E-state index contributed by atoms with van der Waals surface area (Å²) in [5.74, 6) is 1.22. The van der Waals surface area contributed by atoms with Crippen LogP contribution in [0.1, 0.15) is 24.5 Å². The molecule has 0 aliphatic rings. The zero-order chi connectivity index (χ0) is 12.5. The van der Waals surface area contributed by atoms with Crippen LogP contribution >= 0.6 is 11.8 Å². The van der Waals surface area contributed by atoms with Crippen LogP contribution < -0.4 is 5.32 Å². The first kappa shape index (κ1) is 14.6. The van der Waals surface area contributed by atoms with Gasteiger partial charge in [0.25, 0.3) is 0 Å². The lowest BCUT2D eigenvalue weighted by Gasteiger charge is -2.15. The molecule has 0 bridgehead atoms. The molecule has 17 heavy (non-hydrogen) atoms. The van der Waals surface area contributed by atoms with E-state index in [1.165, 1.54) is 23.3 Å². The second kappa shape index (κ2) is 8.56. The summed E-state index contributed by atoms with van der Waals surface area (Å²) < 4.78 is 5.21. The summed E-state index contributed by atoms with van der Waals surface area (Å²) in [5.41, 5.74) is 2.62. The Morgan fingerprint density at radius 3 is 2.65 bits per heavy atom. The Morgan fingerprint density at radius 2 is 2.00 bits per heavy atom. The van der Waals surface area contributed by atoms with Crippen LogP contribution in [-0.4, -0.2) is 25.2 Å². The van der Waals surface area contributed by atoms with Crippen molar-refractivity contribution in [2.45, 2.75) is 32.5 Å². The summed E-state index contributed by atoms with van der Waals surface area (Å²) >= 11 is 1.90. The molecule has 0 aromatic heterocycles.